The minimum absolute atomic E-state index is 0.130. The Hall–Kier alpha value is -2.93. The number of rotatable bonds is 6. The van der Waals surface area contributed by atoms with E-state index in [-0.39, 0.29) is 12.1 Å². The summed E-state index contributed by atoms with van der Waals surface area (Å²) in [7, 11) is 1.68. The van der Waals surface area contributed by atoms with Gasteiger partial charge in [0.1, 0.15) is 5.60 Å². The quantitative estimate of drug-likeness (QED) is 0.599. The van der Waals surface area contributed by atoms with Crippen LogP contribution < -0.4 is 5.32 Å². The van der Waals surface area contributed by atoms with Gasteiger partial charge in [0.25, 0.3) is 0 Å². The summed E-state index contributed by atoms with van der Waals surface area (Å²) in [5, 5.41) is 13.7. The first-order valence-corrected chi connectivity index (χ1v) is 11.4. The van der Waals surface area contributed by atoms with Crippen molar-refractivity contribution in [3.05, 3.63) is 47.7 Å². The van der Waals surface area contributed by atoms with Crippen molar-refractivity contribution in [1.82, 2.24) is 10.3 Å². The number of aromatic nitrogens is 1. The maximum Gasteiger partial charge on any atom is 0.408 e. The van der Waals surface area contributed by atoms with E-state index in [1.54, 1.807) is 7.11 Å². The van der Waals surface area contributed by atoms with Crippen molar-refractivity contribution < 1.29 is 24.2 Å². The monoisotopic (exact) mass is 454 g/mol. The number of methoxy groups -OCH3 is 1. The molecule has 0 bridgehead atoms. The first-order chi connectivity index (χ1) is 15.5. The van der Waals surface area contributed by atoms with Crippen LogP contribution in [0, 0.1) is 5.41 Å². The average molecular weight is 455 g/mol. The molecule has 2 N–H and O–H groups in total. The van der Waals surface area contributed by atoms with Crippen molar-refractivity contribution in [3.63, 3.8) is 0 Å². The van der Waals surface area contributed by atoms with Crippen molar-refractivity contribution in [2.75, 3.05) is 7.11 Å². The lowest BCUT2D eigenvalue weighted by molar-refractivity contribution is -0.148. The highest BCUT2D eigenvalue weighted by Gasteiger charge is 2.39. The molecule has 1 fully saturated rings. The van der Waals surface area contributed by atoms with Gasteiger partial charge in [-0.15, -0.1) is 0 Å². The molecule has 0 radical (unpaired) electrons. The molecule has 1 aromatic heterocycles. The highest BCUT2D eigenvalue weighted by molar-refractivity contribution is 5.83. The van der Waals surface area contributed by atoms with E-state index < -0.39 is 23.1 Å². The van der Waals surface area contributed by atoms with Crippen LogP contribution >= 0.6 is 0 Å². The zero-order valence-electron chi connectivity index (χ0n) is 20.1. The van der Waals surface area contributed by atoms with Gasteiger partial charge < -0.3 is 19.9 Å². The SMILES string of the molecule is COC1CCC(/C=C/c2ccc3ccc(C(C)NC(=O)OC(C)(C)C)nc3c2)(C(=O)O)CC1. The molecule has 3 rings (SSSR count). The zero-order chi connectivity index (χ0) is 24.2. The number of pyridine rings is 1. The van der Waals surface area contributed by atoms with Crippen molar-refractivity contribution in [1.29, 1.82) is 0 Å². The third kappa shape index (κ3) is 6.32. The number of benzene rings is 1. The molecule has 7 heteroatoms. The summed E-state index contributed by atoms with van der Waals surface area (Å²) in [6, 6.07) is 9.38. The molecule has 0 saturated heterocycles. The molecule has 0 aliphatic heterocycles. The molecular formula is C26H34N2O5. The number of carboxylic acids is 1. The van der Waals surface area contributed by atoms with Gasteiger partial charge >= 0.3 is 12.1 Å². The van der Waals surface area contributed by atoms with Crippen LogP contribution in [0.4, 0.5) is 4.79 Å². The number of fused-ring (bicyclic) bond motifs is 1. The van der Waals surface area contributed by atoms with E-state index in [0.717, 1.165) is 35.0 Å². The fourth-order valence-corrected chi connectivity index (χ4v) is 4.10. The first kappa shape index (κ1) is 24.7. The van der Waals surface area contributed by atoms with Gasteiger partial charge in [0.2, 0.25) is 0 Å². The molecule has 2 aromatic rings. The standard InChI is InChI=1S/C26H34N2O5/c1-17(27-24(31)33-25(2,3)4)21-9-8-19-7-6-18(16-22(19)28-21)10-13-26(23(29)30)14-11-20(32-5)12-15-26/h6-10,13,16-17,20H,11-12,14-15H2,1-5H3,(H,27,31)(H,29,30)/b13-10+. The van der Waals surface area contributed by atoms with Gasteiger partial charge in [0.15, 0.2) is 0 Å². The molecule has 178 valence electrons. The number of nitrogens with one attached hydrogen (secondary N) is 1. The minimum atomic E-state index is -0.870. The Morgan fingerprint density at radius 3 is 2.48 bits per heavy atom. The summed E-state index contributed by atoms with van der Waals surface area (Å²) < 4.78 is 10.7. The average Bonchev–Trinajstić information content (AvgIpc) is 2.76. The van der Waals surface area contributed by atoms with Gasteiger partial charge in [-0.25, -0.2) is 4.79 Å². The Kier molecular flexibility index (Phi) is 7.42. The second-order valence-corrected chi connectivity index (χ2v) is 9.79. The lowest BCUT2D eigenvalue weighted by Crippen LogP contribution is -2.35. The molecule has 7 nitrogen and oxygen atoms in total. The number of nitrogens with zero attached hydrogens (tertiary/aromatic N) is 1. The molecule has 0 spiro atoms. The van der Waals surface area contributed by atoms with Gasteiger partial charge in [-0.2, -0.15) is 0 Å². The molecular weight excluding hydrogens is 420 g/mol. The number of carbonyl (C=O) groups excluding carboxylic acids is 1. The van der Waals surface area contributed by atoms with E-state index in [1.807, 2.05) is 70.2 Å². The van der Waals surface area contributed by atoms with Crippen LogP contribution in [0.3, 0.4) is 0 Å². The highest BCUT2D eigenvalue weighted by atomic mass is 16.6. The molecule has 1 saturated carbocycles. The summed E-state index contributed by atoms with van der Waals surface area (Å²) in [4.78, 5) is 28.9. The number of amides is 1. The van der Waals surface area contributed by atoms with Crippen LogP contribution in [0.25, 0.3) is 17.0 Å². The van der Waals surface area contributed by atoms with Crippen LogP contribution in [-0.4, -0.2) is 41.0 Å². The maximum atomic E-state index is 12.1. The van der Waals surface area contributed by atoms with Crippen LogP contribution in [0.5, 0.6) is 0 Å². The van der Waals surface area contributed by atoms with E-state index in [1.165, 1.54) is 0 Å². The summed E-state index contributed by atoms with van der Waals surface area (Å²) in [6.07, 6.45) is 5.91. The fourth-order valence-electron chi connectivity index (χ4n) is 4.10. The van der Waals surface area contributed by atoms with E-state index in [0.29, 0.717) is 12.8 Å². The van der Waals surface area contributed by atoms with E-state index in [4.69, 9.17) is 14.5 Å². The van der Waals surface area contributed by atoms with Crippen LogP contribution in [0.2, 0.25) is 0 Å². The van der Waals surface area contributed by atoms with E-state index in [2.05, 4.69) is 5.32 Å². The predicted octanol–water partition coefficient (Wildman–Crippen LogP) is 5.49. The summed E-state index contributed by atoms with van der Waals surface area (Å²) in [5.41, 5.74) is 0.937. The Balaban J connectivity index is 1.78. The van der Waals surface area contributed by atoms with Crippen LogP contribution in [0.15, 0.2) is 36.4 Å². The number of carbonyl (C=O) groups is 2. The Bertz CT molecular complexity index is 1030. The molecule has 1 amide bonds. The lowest BCUT2D eigenvalue weighted by atomic mass is 9.72. The number of ether oxygens (including phenoxy) is 2. The normalized spacial score (nSPS) is 22.3. The van der Waals surface area contributed by atoms with Crippen molar-refractivity contribution >= 4 is 29.0 Å². The van der Waals surface area contributed by atoms with Gasteiger partial charge in [0.05, 0.1) is 28.8 Å². The molecule has 1 unspecified atom stereocenters. The maximum absolute atomic E-state index is 12.1. The fraction of sp³-hybridized carbons (Fsp3) is 0.500. The van der Waals surface area contributed by atoms with Crippen molar-refractivity contribution in [2.45, 2.75) is 71.1 Å². The second-order valence-electron chi connectivity index (χ2n) is 9.79. The summed E-state index contributed by atoms with van der Waals surface area (Å²) >= 11 is 0. The first-order valence-electron chi connectivity index (χ1n) is 11.4. The van der Waals surface area contributed by atoms with Gasteiger partial charge in [-0.3, -0.25) is 9.78 Å². The third-order valence-electron chi connectivity index (χ3n) is 6.09. The zero-order valence-corrected chi connectivity index (χ0v) is 20.1. The van der Waals surface area contributed by atoms with Crippen LogP contribution in [-0.2, 0) is 14.3 Å². The number of aliphatic carboxylic acids is 1. The molecule has 1 heterocycles. The molecule has 1 aromatic carbocycles. The van der Waals surface area contributed by atoms with E-state index >= 15 is 0 Å². The van der Waals surface area contributed by atoms with Crippen LogP contribution in [0.1, 0.15) is 70.7 Å². The van der Waals surface area contributed by atoms with Crippen molar-refractivity contribution in [2.24, 2.45) is 5.41 Å². The lowest BCUT2D eigenvalue weighted by Gasteiger charge is -2.34. The minimum Gasteiger partial charge on any atom is -0.481 e. The molecule has 1 atom stereocenters. The Morgan fingerprint density at radius 1 is 1.21 bits per heavy atom. The van der Waals surface area contributed by atoms with Gasteiger partial charge in [0, 0.05) is 12.5 Å². The predicted molar refractivity (Wildman–Crippen MR) is 128 cm³/mol. The third-order valence-corrected chi connectivity index (χ3v) is 6.09. The molecule has 33 heavy (non-hydrogen) atoms. The van der Waals surface area contributed by atoms with Crippen molar-refractivity contribution in [3.8, 4) is 0 Å². The highest BCUT2D eigenvalue weighted by Crippen LogP contribution is 2.39. The summed E-state index contributed by atoms with van der Waals surface area (Å²) in [6.45, 7) is 7.31. The Labute approximate surface area is 195 Å². The molecule has 1 aliphatic carbocycles. The topological polar surface area (TPSA) is 97.8 Å². The van der Waals surface area contributed by atoms with Gasteiger partial charge in [-0.1, -0.05) is 30.4 Å². The number of hydrogen-bond acceptors (Lipinski definition) is 5. The van der Waals surface area contributed by atoms with E-state index in [9.17, 15) is 14.7 Å². The Morgan fingerprint density at radius 2 is 1.88 bits per heavy atom. The number of hydrogen-bond donors (Lipinski definition) is 2. The largest absolute Gasteiger partial charge is 0.481 e. The number of alkyl carbamates (subject to hydrolysis) is 1. The van der Waals surface area contributed by atoms with Gasteiger partial charge in [-0.05, 0) is 71.1 Å². The second kappa shape index (κ2) is 9.91. The molecule has 1 aliphatic rings. The summed E-state index contributed by atoms with van der Waals surface area (Å²) in [5.74, 6) is -0.795. The number of carboxylic acid groups (broad SMARTS) is 1. The smallest absolute Gasteiger partial charge is 0.408 e.